The molecular formula is C19H26N3O4S+. The number of nitrogens with one attached hydrogen (secondary N) is 1. The van der Waals surface area contributed by atoms with Gasteiger partial charge in [-0.3, -0.25) is 9.59 Å². The minimum absolute atomic E-state index is 0.0124. The predicted molar refractivity (Wildman–Crippen MR) is 102 cm³/mol. The first-order valence-corrected chi connectivity index (χ1v) is 11.5. The van der Waals surface area contributed by atoms with Crippen LogP contribution in [0.25, 0.3) is 0 Å². The fraction of sp³-hybridized carbons (Fsp3) is 0.579. The Hall–Kier alpha value is -1.93. The van der Waals surface area contributed by atoms with Crippen LogP contribution in [-0.4, -0.2) is 75.4 Å². The van der Waals surface area contributed by atoms with Gasteiger partial charge in [-0.2, -0.15) is 0 Å². The van der Waals surface area contributed by atoms with E-state index in [4.69, 9.17) is 0 Å². The van der Waals surface area contributed by atoms with E-state index in [1.165, 1.54) is 4.90 Å². The highest BCUT2D eigenvalue weighted by Crippen LogP contribution is 2.23. The number of nitrogens with zero attached hydrogens (tertiary/aromatic N) is 2. The summed E-state index contributed by atoms with van der Waals surface area (Å²) in [6, 6.07) is 7.50. The van der Waals surface area contributed by atoms with Crippen LogP contribution in [0.4, 0.5) is 5.69 Å². The Morgan fingerprint density at radius 2 is 1.93 bits per heavy atom. The van der Waals surface area contributed by atoms with Gasteiger partial charge >= 0.3 is 0 Å². The molecule has 0 radical (unpaired) electrons. The summed E-state index contributed by atoms with van der Waals surface area (Å²) >= 11 is 0. The maximum Gasteiger partial charge on any atom is 0.254 e. The molecule has 27 heavy (non-hydrogen) atoms. The van der Waals surface area contributed by atoms with Crippen molar-refractivity contribution >= 4 is 27.3 Å². The monoisotopic (exact) mass is 392 g/mol. The van der Waals surface area contributed by atoms with Crippen LogP contribution >= 0.6 is 0 Å². The molecule has 1 aromatic rings. The molecule has 3 fully saturated rings. The van der Waals surface area contributed by atoms with E-state index in [1.807, 2.05) is 23.1 Å². The number of anilines is 1. The molecule has 146 valence electrons. The average Bonchev–Trinajstić information content (AvgIpc) is 3.26. The number of carbonyl (C=O) groups excluding carboxylic acids is 2. The van der Waals surface area contributed by atoms with E-state index in [0.717, 1.165) is 31.6 Å². The topological polar surface area (TPSA) is 79.2 Å². The van der Waals surface area contributed by atoms with Crippen molar-refractivity contribution in [2.24, 2.45) is 0 Å². The molecule has 7 nitrogen and oxygen atoms in total. The molecule has 0 unspecified atom stereocenters. The van der Waals surface area contributed by atoms with Gasteiger partial charge in [0.1, 0.15) is 11.8 Å². The van der Waals surface area contributed by atoms with Gasteiger partial charge in [0.2, 0.25) is 5.91 Å². The fourth-order valence-electron chi connectivity index (χ4n) is 4.43. The number of quaternary nitrogens is 1. The van der Waals surface area contributed by atoms with Crippen LogP contribution in [-0.2, 0) is 14.6 Å². The first-order chi connectivity index (χ1) is 12.9. The molecule has 3 aliphatic rings. The van der Waals surface area contributed by atoms with Gasteiger partial charge in [0.05, 0.1) is 31.9 Å². The number of amides is 2. The van der Waals surface area contributed by atoms with Gasteiger partial charge in [-0.25, -0.2) is 8.42 Å². The Morgan fingerprint density at radius 1 is 1.15 bits per heavy atom. The summed E-state index contributed by atoms with van der Waals surface area (Å²) in [5.74, 6) is 0.679. The van der Waals surface area contributed by atoms with Crippen LogP contribution in [0.1, 0.15) is 29.6 Å². The number of rotatable bonds is 3. The molecule has 1 atom stereocenters. The Morgan fingerprint density at radius 3 is 2.56 bits per heavy atom. The number of carbonyl (C=O) groups is 2. The van der Waals surface area contributed by atoms with Gasteiger partial charge in [0.25, 0.3) is 5.91 Å². The van der Waals surface area contributed by atoms with Crippen molar-refractivity contribution in [3.05, 3.63) is 29.8 Å². The summed E-state index contributed by atoms with van der Waals surface area (Å²) < 4.78 is 23.4. The van der Waals surface area contributed by atoms with E-state index >= 15 is 0 Å². The molecule has 0 saturated carbocycles. The third kappa shape index (κ3) is 3.87. The predicted octanol–water partition coefficient (Wildman–Crippen LogP) is -0.659. The summed E-state index contributed by atoms with van der Waals surface area (Å²) in [6.45, 7) is 3.56. The van der Waals surface area contributed by atoms with E-state index in [-0.39, 0.29) is 23.6 Å². The highest BCUT2D eigenvalue weighted by atomic mass is 32.2. The summed E-state index contributed by atoms with van der Waals surface area (Å²) in [7, 11) is -2.87. The molecule has 8 heteroatoms. The second-order valence-electron chi connectivity index (χ2n) is 7.75. The lowest BCUT2D eigenvalue weighted by molar-refractivity contribution is -0.925. The molecule has 3 aliphatic heterocycles. The third-order valence-corrected chi connectivity index (χ3v) is 7.75. The van der Waals surface area contributed by atoms with E-state index < -0.39 is 9.84 Å². The van der Waals surface area contributed by atoms with Crippen molar-refractivity contribution in [2.75, 3.05) is 49.1 Å². The average molecular weight is 393 g/mol. The van der Waals surface area contributed by atoms with Gasteiger partial charge in [-0.05, 0) is 24.6 Å². The lowest BCUT2D eigenvalue weighted by atomic mass is 10.1. The minimum atomic E-state index is -2.87. The van der Waals surface area contributed by atoms with Crippen LogP contribution in [0.3, 0.4) is 0 Å². The number of piperazine rings is 1. The SMILES string of the molecule is O=C(c1cccc(N2CCCC2=O)c1)N1CC[NH+]([C@H]2CCS(=O)(=O)C2)CC1. The zero-order chi connectivity index (χ0) is 19.0. The number of hydrogen-bond donors (Lipinski definition) is 1. The second-order valence-corrected chi connectivity index (χ2v) is 9.98. The summed E-state index contributed by atoms with van der Waals surface area (Å²) in [6.07, 6.45) is 2.16. The summed E-state index contributed by atoms with van der Waals surface area (Å²) in [5, 5.41) is 0. The molecule has 2 amide bonds. The Bertz CT molecular complexity index is 846. The van der Waals surface area contributed by atoms with Gasteiger partial charge in [0, 0.05) is 30.6 Å². The molecule has 1 N–H and O–H groups in total. The van der Waals surface area contributed by atoms with Crippen molar-refractivity contribution in [3.63, 3.8) is 0 Å². The third-order valence-electron chi connectivity index (χ3n) is 5.98. The van der Waals surface area contributed by atoms with E-state index in [9.17, 15) is 18.0 Å². The van der Waals surface area contributed by atoms with E-state index in [0.29, 0.717) is 37.4 Å². The zero-order valence-electron chi connectivity index (χ0n) is 15.4. The van der Waals surface area contributed by atoms with E-state index in [1.54, 1.807) is 11.0 Å². The van der Waals surface area contributed by atoms with Crippen LogP contribution in [0, 0.1) is 0 Å². The quantitative estimate of drug-likeness (QED) is 0.741. The molecule has 0 aromatic heterocycles. The van der Waals surface area contributed by atoms with Gasteiger partial charge in [0.15, 0.2) is 9.84 Å². The maximum absolute atomic E-state index is 12.9. The Kier molecular flexibility index (Phi) is 4.94. The first kappa shape index (κ1) is 18.4. The lowest BCUT2D eigenvalue weighted by Gasteiger charge is -2.35. The van der Waals surface area contributed by atoms with Crippen molar-refractivity contribution in [3.8, 4) is 0 Å². The first-order valence-electron chi connectivity index (χ1n) is 9.68. The number of benzene rings is 1. The molecular weight excluding hydrogens is 366 g/mol. The Balaban J connectivity index is 1.39. The van der Waals surface area contributed by atoms with Crippen LogP contribution < -0.4 is 9.80 Å². The fourth-order valence-corrected chi connectivity index (χ4v) is 6.26. The maximum atomic E-state index is 12.9. The van der Waals surface area contributed by atoms with Crippen LogP contribution in [0.15, 0.2) is 24.3 Å². The number of hydrogen-bond acceptors (Lipinski definition) is 4. The molecule has 3 heterocycles. The smallest absolute Gasteiger partial charge is 0.254 e. The van der Waals surface area contributed by atoms with Crippen molar-refractivity contribution in [1.29, 1.82) is 0 Å². The standard InChI is InChI=1S/C19H25N3O4S/c23-18-5-2-7-22(18)16-4-1-3-15(13-16)19(24)21-10-8-20(9-11-21)17-6-12-27(25,26)14-17/h1,3-4,13,17H,2,5-12,14H2/p+1/t17-/m0/s1. The molecule has 0 spiro atoms. The van der Waals surface area contributed by atoms with Gasteiger partial charge < -0.3 is 14.7 Å². The van der Waals surface area contributed by atoms with Crippen LogP contribution in [0.5, 0.6) is 0 Å². The molecule has 3 saturated heterocycles. The lowest BCUT2D eigenvalue weighted by Crippen LogP contribution is -3.18. The van der Waals surface area contributed by atoms with Crippen LogP contribution in [0.2, 0.25) is 0 Å². The summed E-state index contributed by atoms with van der Waals surface area (Å²) in [4.78, 5) is 29.7. The number of sulfone groups is 1. The Labute approximate surface area is 159 Å². The molecule has 4 rings (SSSR count). The van der Waals surface area contributed by atoms with Crippen molar-refractivity contribution in [2.45, 2.75) is 25.3 Å². The molecule has 0 bridgehead atoms. The van der Waals surface area contributed by atoms with Gasteiger partial charge in [-0.1, -0.05) is 6.07 Å². The largest absolute Gasteiger partial charge is 0.329 e. The molecule has 0 aliphatic carbocycles. The highest BCUT2D eigenvalue weighted by molar-refractivity contribution is 7.91. The highest BCUT2D eigenvalue weighted by Gasteiger charge is 2.37. The normalized spacial score (nSPS) is 25.9. The second kappa shape index (κ2) is 7.24. The minimum Gasteiger partial charge on any atom is -0.329 e. The zero-order valence-corrected chi connectivity index (χ0v) is 16.2. The summed E-state index contributed by atoms with van der Waals surface area (Å²) in [5.41, 5.74) is 1.41. The van der Waals surface area contributed by atoms with Crippen molar-refractivity contribution in [1.82, 2.24) is 4.90 Å². The van der Waals surface area contributed by atoms with Gasteiger partial charge in [-0.15, -0.1) is 0 Å². The molecule has 1 aromatic carbocycles. The van der Waals surface area contributed by atoms with Crippen molar-refractivity contribution < 1.29 is 22.9 Å². The van der Waals surface area contributed by atoms with E-state index in [2.05, 4.69) is 0 Å².